The normalized spacial score (nSPS) is 11.3. The Hall–Kier alpha value is -2.86. The fourth-order valence-electron chi connectivity index (χ4n) is 2.80. The van der Waals surface area contributed by atoms with Gasteiger partial charge in [0.25, 0.3) is 11.8 Å². The molecule has 1 heterocycles. The Balaban J connectivity index is 1.78. The van der Waals surface area contributed by atoms with Crippen molar-refractivity contribution in [2.75, 3.05) is 6.54 Å². The Morgan fingerprint density at radius 1 is 1.17 bits per heavy atom. The number of halogens is 1. The Labute approximate surface area is 175 Å². The Bertz CT molecular complexity index is 991. The van der Waals surface area contributed by atoms with Gasteiger partial charge in [0.15, 0.2) is 5.69 Å². The molecular weight excluding hydrogens is 388 g/mol. The summed E-state index contributed by atoms with van der Waals surface area (Å²) >= 11 is 6.03. The van der Waals surface area contributed by atoms with Crippen LogP contribution < -0.4 is 10.1 Å². The molecule has 1 amide bonds. The molecule has 29 heavy (non-hydrogen) atoms. The molecule has 0 unspecified atom stereocenters. The molecule has 0 aliphatic carbocycles. The van der Waals surface area contributed by atoms with E-state index >= 15 is 0 Å². The van der Waals surface area contributed by atoms with Crippen LogP contribution in [0.2, 0.25) is 5.02 Å². The van der Waals surface area contributed by atoms with Crippen molar-refractivity contribution in [1.82, 2.24) is 20.3 Å². The monoisotopic (exact) mass is 412 g/mol. The van der Waals surface area contributed by atoms with Crippen molar-refractivity contribution in [2.24, 2.45) is 0 Å². The molecule has 3 aromatic rings. The summed E-state index contributed by atoms with van der Waals surface area (Å²) < 4.78 is 7.40. The van der Waals surface area contributed by atoms with Crippen molar-refractivity contribution in [1.29, 1.82) is 0 Å². The highest BCUT2D eigenvalue weighted by molar-refractivity contribution is 6.30. The molecule has 0 atom stereocenters. The molecule has 152 valence electrons. The van der Waals surface area contributed by atoms with Gasteiger partial charge in [0.1, 0.15) is 5.75 Å². The number of amides is 1. The third-order valence-electron chi connectivity index (χ3n) is 4.32. The first-order valence-corrected chi connectivity index (χ1v) is 9.85. The average molecular weight is 413 g/mol. The summed E-state index contributed by atoms with van der Waals surface area (Å²) in [6.45, 7) is 8.40. The predicted octanol–water partition coefficient (Wildman–Crippen LogP) is 4.76. The summed E-state index contributed by atoms with van der Waals surface area (Å²) in [6, 6.07) is 15.2. The first kappa shape index (κ1) is 20.9. The van der Waals surface area contributed by atoms with Crippen LogP contribution in [0.4, 0.5) is 0 Å². The molecule has 0 aliphatic rings. The lowest BCUT2D eigenvalue weighted by molar-refractivity contribution is 0.0933. The molecule has 6 nitrogen and oxygen atoms in total. The average Bonchev–Trinajstić information content (AvgIpc) is 3.07. The largest absolute Gasteiger partial charge is 0.436 e. The Kier molecular flexibility index (Phi) is 6.23. The number of nitrogens with zero attached hydrogens (tertiary/aromatic N) is 3. The van der Waals surface area contributed by atoms with Gasteiger partial charge < -0.3 is 10.1 Å². The second kappa shape index (κ2) is 8.66. The van der Waals surface area contributed by atoms with E-state index < -0.39 is 5.54 Å². The van der Waals surface area contributed by atoms with Crippen LogP contribution in [0.5, 0.6) is 11.6 Å². The van der Waals surface area contributed by atoms with Crippen LogP contribution in [0, 0.1) is 6.92 Å². The number of carbonyl (C=O) groups is 1. The van der Waals surface area contributed by atoms with Crippen LogP contribution in [0.1, 0.15) is 42.4 Å². The highest BCUT2D eigenvalue weighted by atomic mass is 35.5. The minimum atomic E-state index is -0.438. The second-order valence-corrected chi connectivity index (χ2v) is 8.31. The Morgan fingerprint density at radius 2 is 1.90 bits per heavy atom. The van der Waals surface area contributed by atoms with E-state index in [0.29, 0.717) is 17.3 Å². The number of aromatic nitrogens is 3. The first-order valence-electron chi connectivity index (χ1n) is 9.47. The number of rotatable bonds is 6. The number of hydrogen-bond donors (Lipinski definition) is 1. The number of ether oxygens (including phenoxy) is 1. The van der Waals surface area contributed by atoms with E-state index in [1.54, 1.807) is 28.9 Å². The molecule has 0 saturated heterocycles. The molecule has 0 saturated carbocycles. The molecule has 0 radical (unpaired) electrons. The fraction of sp³-hybridized carbons (Fsp3) is 0.318. The number of nitrogens with one attached hydrogen (secondary N) is 1. The third-order valence-corrected chi connectivity index (χ3v) is 4.56. The maximum Gasteiger partial charge on any atom is 0.275 e. The van der Waals surface area contributed by atoms with E-state index in [0.717, 1.165) is 12.0 Å². The van der Waals surface area contributed by atoms with Gasteiger partial charge in [-0.15, -0.1) is 0 Å². The van der Waals surface area contributed by atoms with Gasteiger partial charge in [-0.25, -0.2) is 4.68 Å². The minimum absolute atomic E-state index is 0.148. The summed E-state index contributed by atoms with van der Waals surface area (Å²) in [7, 11) is 0. The lowest BCUT2D eigenvalue weighted by Gasteiger charge is -2.21. The highest BCUT2D eigenvalue weighted by Gasteiger charge is 2.28. The number of aryl methyl sites for hydroxylation is 1. The van der Waals surface area contributed by atoms with E-state index in [9.17, 15) is 4.79 Å². The predicted molar refractivity (Wildman–Crippen MR) is 114 cm³/mol. The van der Waals surface area contributed by atoms with Crippen LogP contribution in [-0.2, 0) is 12.0 Å². The number of carbonyl (C=O) groups excluding carboxylic acids is 1. The summed E-state index contributed by atoms with van der Waals surface area (Å²) in [5.74, 6) is 0.358. The lowest BCUT2D eigenvalue weighted by Crippen LogP contribution is -2.33. The minimum Gasteiger partial charge on any atom is -0.436 e. The molecule has 0 bridgehead atoms. The van der Waals surface area contributed by atoms with E-state index in [1.165, 1.54) is 5.56 Å². The van der Waals surface area contributed by atoms with E-state index in [4.69, 9.17) is 16.3 Å². The lowest BCUT2D eigenvalue weighted by atomic mass is 10.1. The smallest absolute Gasteiger partial charge is 0.275 e. The van der Waals surface area contributed by atoms with Gasteiger partial charge in [-0.3, -0.25) is 4.79 Å². The topological polar surface area (TPSA) is 69.0 Å². The van der Waals surface area contributed by atoms with Crippen LogP contribution in [0.25, 0.3) is 0 Å². The van der Waals surface area contributed by atoms with Crippen molar-refractivity contribution in [3.63, 3.8) is 0 Å². The maximum absolute atomic E-state index is 13.0. The number of hydrogen-bond acceptors (Lipinski definition) is 4. The zero-order chi connectivity index (χ0) is 21.0. The summed E-state index contributed by atoms with van der Waals surface area (Å²) in [5.41, 5.74) is 2.21. The molecule has 1 aromatic heterocycles. The zero-order valence-corrected chi connectivity index (χ0v) is 17.8. The second-order valence-electron chi connectivity index (χ2n) is 7.88. The molecule has 7 heteroatoms. The van der Waals surface area contributed by atoms with Crippen LogP contribution in [0.3, 0.4) is 0 Å². The Morgan fingerprint density at radius 3 is 2.55 bits per heavy atom. The van der Waals surface area contributed by atoms with Crippen molar-refractivity contribution >= 4 is 17.5 Å². The zero-order valence-electron chi connectivity index (χ0n) is 17.1. The summed E-state index contributed by atoms with van der Waals surface area (Å²) in [6.07, 6.45) is 0.730. The molecule has 1 N–H and O–H groups in total. The third kappa shape index (κ3) is 5.35. The highest BCUT2D eigenvalue weighted by Crippen LogP contribution is 2.28. The van der Waals surface area contributed by atoms with Gasteiger partial charge in [0, 0.05) is 11.6 Å². The van der Waals surface area contributed by atoms with Crippen molar-refractivity contribution in [2.45, 2.75) is 39.7 Å². The van der Waals surface area contributed by atoms with Crippen molar-refractivity contribution < 1.29 is 9.53 Å². The van der Waals surface area contributed by atoms with Gasteiger partial charge in [0.05, 0.1) is 5.54 Å². The number of benzene rings is 2. The molecule has 2 aromatic carbocycles. The summed E-state index contributed by atoms with van der Waals surface area (Å²) in [4.78, 5) is 13.0. The fourth-order valence-corrected chi connectivity index (χ4v) is 2.98. The standard InChI is InChI=1S/C22H25ClN4O2/c1-15-8-10-16(11-9-15)12-13-24-20(28)19-21(25-26-27(19)22(2,3)4)29-18-7-5-6-17(23)14-18/h5-11,14H,12-13H2,1-4H3,(H,24,28). The molecule has 0 spiro atoms. The SMILES string of the molecule is Cc1ccc(CCNC(=O)c2c(Oc3cccc(Cl)c3)nnn2C(C)(C)C)cc1. The van der Waals surface area contributed by atoms with Crippen LogP contribution in [0.15, 0.2) is 48.5 Å². The van der Waals surface area contributed by atoms with E-state index in [2.05, 4.69) is 39.9 Å². The van der Waals surface area contributed by atoms with Gasteiger partial charge in [0.2, 0.25) is 0 Å². The van der Waals surface area contributed by atoms with Gasteiger partial charge in [-0.05, 0) is 57.9 Å². The molecule has 0 fully saturated rings. The van der Waals surface area contributed by atoms with E-state index in [-0.39, 0.29) is 17.5 Å². The molecular formula is C22H25ClN4O2. The summed E-state index contributed by atoms with van der Waals surface area (Å²) in [5, 5.41) is 11.7. The van der Waals surface area contributed by atoms with Gasteiger partial charge in [-0.1, -0.05) is 57.8 Å². The van der Waals surface area contributed by atoms with Crippen LogP contribution in [-0.4, -0.2) is 27.4 Å². The van der Waals surface area contributed by atoms with E-state index in [1.807, 2.05) is 27.7 Å². The first-order chi connectivity index (χ1) is 13.7. The van der Waals surface area contributed by atoms with Gasteiger partial charge in [-0.2, -0.15) is 0 Å². The molecule has 3 rings (SSSR count). The quantitative estimate of drug-likeness (QED) is 0.633. The van der Waals surface area contributed by atoms with Gasteiger partial charge >= 0.3 is 0 Å². The maximum atomic E-state index is 13.0. The van der Waals surface area contributed by atoms with Crippen LogP contribution >= 0.6 is 11.6 Å². The van der Waals surface area contributed by atoms with Crippen molar-refractivity contribution in [3.05, 3.63) is 70.4 Å². The van der Waals surface area contributed by atoms with Crippen molar-refractivity contribution in [3.8, 4) is 11.6 Å². The molecule has 0 aliphatic heterocycles.